The molecule has 1 aliphatic rings. The van der Waals surface area contributed by atoms with E-state index in [0.29, 0.717) is 24.6 Å². The number of para-hydroxylation sites is 1. The number of morpholine rings is 1. The first-order chi connectivity index (χ1) is 17.3. The second-order valence-electron chi connectivity index (χ2n) is 8.50. The Bertz CT molecular complexity index is 1540. The lowest BCUT2D eigenvalue weighted by Gasteiger charge is -2.28. The first kappa shape index (κ1) is 21.1. The molecule has 0 atom stereocenters. The molecule has 0 unspecified atom stereocenters. The summed E-state index contributed by atoms with van der Waals surface area (Å²) in [6, 6.07) is 31.1. The SMILES string of the molecule is N#C/C(=C\c1c2ccccc2cc2ccccc12)c1nnc(N2CCOCC2)n1-c1ccccc1. The minimum atomic E-state index is 0.461. The van der Waals surface area contributed by atoms with Gasteiger partial charge in [0.05, 0.1) is 24.5 Å². The van der Waals surface area contributed by atoms with Crippen molar-refractivity contribution in [1.29, 1.82) is 5.26 Å². The average Bonchev–Trinajstić information content (AvgIpc) is 3.37. The van der Waals surface area contributed by atoms with E-state index in [1.165, 1.54) is 0 Å². The van der Waals surface area contributed by atoms with Crippen molar-refractivity contribution in [3.05, 3.63) is 96.3 Å². The fourth-order valence-electron chi connectivity index (χ4n) is 4.73. The van der Waals surface area contributed by atoms with E-state index in [2.05, 4.69) is 51.5 Å². The molecule has 6 rings (SSSR count). The number of aromatic nitrogens is 3. The van der Waals surface area contributed by atoms with Gasteiger partial charge in [0.1, 0.15) is 6.07 Å². The summed E-state index contributed by atoms with van der Waals surface area (Å²) in [6.07, 6.45) is 1.96. The molecule has 5 aromatic rings. The monoisotopic (exact) mass is 457 g/mol. The Balaban J connectivity index is 1.59. The molecule has 0 spiro atoms. The van der Waals surface area contributed by atoms with Crippen LogP contribution < -0.4 is 4.90 Å². The van der Waals surface area contributed by atoms with Crippen molar-refractivity contribution in [3.8, 4) is 11.8 Å². The molecule has 6 heteroatoms. The highest BCUT2D eigenvalue weighted by Gasteiger charge is 2.23. The smallest absolute Gasteiger partial charge is 0.232 e. The van der Waals surface area contributed by atoms with Gasteiger partial charge >= 0.3 is 0 Å². The van der Waals surface area contributed by atoms with E-state index in [4.69, 9.17) is 4.74 Å². The Kier molecular flexibility index (Phi) is 5.45. The van der Waals surface area contributed by atoms with Crippen LogP contribution in [0.5, 0.6) is 0 Å². The zero-order chi connectivity index (χ0) is 23.6. The summed E-state index contributed by atoms with van der Waals surface area (Å²) in [5.41, 5.74) is 2.38. The maximum Gasteiger partial charge on any atom is 0.232 e. The second kappa shape index (κ2) is 9.05. The molecular formula is C29H23N5O. The van der Waals surface area contributed by atoms with Crippen LogP contribution in [0.3, 0.4) is 0 Å². The maximum atomic E-state index is 10.3. The molecule has 6 nitrogen and oxygen atoms in total. The number of ether oxygens (including phenoxy) is 1. The number of hydrogen-bond donors (Lipinski definition) is 0. The first-order valence-corrected chi connectivity index (χ1v) is 11.7. The first-order valence-electron chi connectivity index (χ1n) is 11.7. The Morgan fingerprint density at radius 1 is 0.829 bits per heavy atom. The van der Waals surface area contributed by atoms with Gasteiger partial charge in [-0.1, -0.05) is 66.7 Å². The molecule has 1 saturated heterocycles. The molecule has 4 aromatic carbocycles. The third-order valence-electron chi connectivity index (χ3n) is 6.42. The molecular weight excluding hydrogens is 434 g/mol. The second-order valence-corrected chi connectivity index (χ2v) is 8.50. The fraction of sp³-hybridized carbons (Fsp3) is 0.138. The summed E-state index contributed by atoms with van der Waals surface area (Å²) < 4.78 is 7.52. The number of nitrogens with zero attached hydrogens (tertiary/aromatic N) is 5. The van der Waals surface area contributed by atoms with E-state index >= 15 is 0 Å². The van der Waals surface area contributed by atoms with Crippen molar-refractivity contribution >= 4 is 39.1 Å². The van der Waals surface area contributed by atoms with Crippen molar-refractivity contribution in [1.82, 2.24) is 14.8 Å². The Morgan fingerprint density at radius 2 is 1.46 bits per heavy atom. The van der Waals surface area contributed by atoms with Gasteiger partial charge in [-0.3, -0.25) is 4.57 Å². The van der Waals surface area contributed by atoms with Gasteiger partial charge in [0.15, 0.2) is 5.82 Å². The Hall–Kier alpha value is -4.47. The zero-order valence-corrected chi connectivity index (χ0v) is 19.1. The van der Waals surface area contributed by atoms with Gasteiger partial charge in [0.25, 0.3) is 0 Å². The number of anilines is 1. The number of benzene rings is 4. The van der Waals surface area contributed by atoms with Gasteiger partial charge in [0, 0.05) is 13.1 Å². The predicted molar refractivity (Wildman–Crippen MR) is 139 cm³/mol. The van der Waals surface area contributed by atoms with Crippen LogP contribution in [0.2, 0.25) is 0 Å². The normalized spacial score (nSPS) is 14.4. The largest absolute Gasteiger partial charge is 0.378 e. The van der Waals surface area contributed by atoms with E-state index in [0.717, 1.165) is 51.8 Å². The third-order valence-corrected chi connectivity index (χ3v) is 6.42. The van der Waals surface area contributed by atoms with Crippen LogP contribution >= 0.6 is 0 Å². The summed E-state index contributed by atoms with van der Waals surface area (Å²) in [4.78, 5) is 2.16. The fourth-order valence-corrected chi connectivity index (χ4v) is 4.73. The molecule has 0 bridgehead atoms. The van der Waals surface area contributed by atoms with Crippen molar-refractivity contribution in [3.63, 3.8) is 0 Å². The van der Waals surface area contributed by atoms with Crippen molar-refractivity contribution < 1.29 is 4.74 Å². The van der Waals surface area contributed by atoms with Crippen molar-refractivity contribution in [2.75, 3.05) is 31.2 Å². The third kappa shape index (κ3) is 3.82. The zero-order valence-electron chi connectivity index (χ0n) is 19.1. The van der Waals surface area contributed by atoms with Crippen LogP contribution in [-0.4, -0.2) is 41.1 Å². The lowest BCUT2D eigenvalue weighted by Crippen LogP contribution is -2.38. The van der Waals surface area contributed by atoms with Crippen LogP contribution in [0.15, 0.2) is 84.9 Å². The van der Waals surface area contributed by atoms with Crippen LogP contribution in [0.4, 0.5) is 5.95 Å². The molecule has 1 fully saturated rings. The van der Waals surface area contributed by atoms with Crippen LogP contribution in [0, 0.1) is 11.3 Å². The highest BCUT2D eigenvalue weighted by Crippen LogP contribution is 2.33. The maximum absolute atomic E-state index is 10.3. The molecule has 1 aromatic heterocycles. The predicted octanol–water partition coefficient (Wildman–Crippen LogP) is 5.47. The van der Waals surface area contributed by atoms with E-state index in [-0.39, 0.29) is 0 Å². The highest BCUT2D eigenvalue weighted by atomic mass is 16.5. The summed E-state index contributed by atoms with van der Waals surface area (Å²) in [6.45, 7) is 2.73. The number of allylic oxidation sites excluding steroid dienone is 1. The van der Waals surface area contributed by atoms with Crippen molar-refractivity contribution in [2.45, 2.75) is 0 Å². The topological polar surface area (TPSA) is 67.0 Å². The highest BCUT2D eigenvalue weighted by molar-refractivity contribution is 6.09. The standard InChI is InChI=1S/C29H23N5O/c30-20-23(19-27-25-12-6-4-8-21(25)18-22-9-5-7-13-26(22)27)28-31-32-29(33-14-16-35-17-15-33)34(28)24-10-2-1-3-11-24/h1-13,18-19H,14-17H2/b23-19+. The minimum Gasteiger partial charge on any atom is -0.378 e. The van der Waals surface area contributed by atoms with Gasteiger partial charge in [0.2, 0.25) is 5.95 Å². The van der Waals surface area contributed by atoms with Crippen LogP contribution in [0.1, 0.15) is 11.4 Å². The summed E-state index contributed by atoms with van der Waals surface area (Å²) in [5.74, 6) is 1.25. The molecule has 0 radical (unpaired) electrons. The Labute approximate surface area is 203 Å². The quantitative estimate of drug-likeness (QED) is 0.264. The molecule has 0 saturated carbocycles. The summed E-state index contributed by atoms with van der Waals surface area (Å²) in [5, 5.41) is 23.9. The average molecular weight is 458 g/mol. The molecule has 2 heterocycles. The molecule has 1 aliphatic heterocycles. The Morgan fingerprint density at radius 3 is 2.11 bits per heavy atom. The molecule has 35 heavy (non-hydrogen) atoms. The number of rotatable bonds is 4. The van der Waals surface area contributed by atoms with Gasteiger partial charge in [-0.2, -0.15) is 5.26 Å². The molecule has 0 N–H and O–H groups in total. The summed E-state index contributed by atoms with van der Waals surface area (Å²) in [7, 11) is 0. The van der Waals surface area contributed by atoms with Gasteiger partial charge < -0.3 is 9.64 Å². The number of fused-ring (bicyclic) bond motifs is 2. The van der Waals surface area contributed by atoms with E-state index < -0.39 is 0 Å². The van der Waals surface area contributed by atoms with Gasteiger partial charge in [-0.05, 0) is 51.4 Å². The number of nitriles is 1. The van der Waals surface area contributed by atoms with Crippen LogP contribution in [0.25, 0.3) is 38.9 Å². The molecule has 0 amide bonds. The lowest BCUT2D eigenvalue weighted by molar-refractivity contribution is 0.122. The molecule has 0 aliphatic carbocycles. The molecule has 170 valence electrons. The lowest BCUT2D eigenvalue weighted by atomic mass is 9.95. The van der Waals surface area contributed by atoms with Crippen LogP contribution in [-0.2, 0) is 4.74 Å². The van der Waals surface area contributed by atoms with E-state index in [1.807, 2.05) is 65.2 Å². The minimum absolute atomic E-state index is 0.461. The van der Waals surface area contributed by atoms with Crippen molar-refractivity contribution in [2.24, 2.45) is 0 Å². The van der Waals surface area contributed by atoms with E-state index in [1.54, 1.807) is 0 Å². The number of hydrogen-bond acceptors (Lipinski definition) is 5. The summed E-state index contributed by atoms with van der Waals surface area (Å²) >= 11 is 0. The van der Waals surface area contributed by atoms with Gasteiger partial charge in [-0.25, -0.2) is 0 Å². The van der Waals surface area contributed by atoms with Gasteiger partial charge in [-0.15, -0.1) is 10.2 Å². The van der Waals surface area contributed by atoms with E-state index in [9.17, 15) is 5.26 Å².